The van der Waals surface area contributed by atoms with Crippen LogP contribution >= 0.6 is 0 Å². The van der Waals surface area contributed by atoms with E-state index in [9.17, 15) is 4.79 Å². The molecule has 0 radical (unpaired) electrons. The second-order valence-electron chi connectivity index (χ2n) is 6.16. The summed E-state index contributed by atoms with van der Waals surface area (Å²) in [7, 11) is 0. The maximum absolute atomic E-state index is 11.8. The number of ketones is 1. The second kappa shape index (κ2) is 4.51. The van der Waals surface area contributed by atoms with Gasteiger partial charge in [-0.15, -0.1) is 6.58 Å². The highest BCUT2D eigenvalue weighted by Crippen LogP contribution is 2.40. The van der Waals surface area contributed by atoms with Gasteiger partial charge >= 0.3 is 0 Å². The summed E-state index contributed by atoms with van der Waals surface area (Å²) in [6, 6.07) is 0. The molecule has 0 heterocycles. The zero-order valence-corrected chi connectivity index (χ0v) is 10.6. The van der Waals surface area contributed by atoms with Crippen LogP contribution in [0, 0.1) is 17.3 Å². The molecule has 0 aliphatic heterocycles. The highest BCUT2D eigenvalue weighted by Gasteiger charge is 2.34. The predicted octanol–water partition coefficient (Wildman–Crippen LogP) is 3.98. The lowest BCUT2D eigenvalue weighted by atomic mass is 9.68. The maximum Gasteiger partial charge on any atom is 0.136 e. The van der Waals surface area contributed by atoms with Crippen molar-refractivity contribution in [3.05, 3.63) is 12.2 Å². The van der Waals surface area contributed by atoms with Crippen LogP contribution in [0.4, 0.5) is 0 Å². The van der Waals surface area contributed by atoms with Crippen LogP contribution in [0.1, 0.15) is 53.4 Å². The first-order chi connectivity index (χ1) is 6.80. The average Bonchev–Trinajstić information content (AvgIpc) is 2.06. The summed E-state index contributed by atoms with van der Waals surface area (Å²) in [6.45, 7) is 12.8. The van der Waals surface area contributed by atoms with Gasteiger partial charge in [-0.2, -0.15) is 0 Å². The Hall–Kier alpha value is -0.590. The summed E-state index contributed by atoms with van der Waals surface area (Å²) < 4.78 is 0. The molecule has 1 aliphatic carbocycles. The Morgan fingerprint density at radius 1 is 1.47 bits per heavy atom. The molecule has 1 saturated carbocycles. The molecule has 0 spiro atoms. The van der Waals surface area contributed by atoms with Crippen molar-refractivity contribution >= 4 is 5.78 Å². The first-order valence-electron chi connectivity index (χ1n) is 5.98. The zero-order chi connectivity index (χ0) is 11.6. The summed E-state index contributed by atoms with van der Waals surface area (Å²) >= 11 is 0. The van der Waals surface area contributed by atoms with Gasteiger partial charge in [0.1, 0.15) is 5.78 Å². The molecular weight excluding hydrogens is 184 g/mol. The Kier molecular flexibility index (Phi) is 3.75. The SMILES string of the molecule is C=C(C)C[C@H]1C[C@@H](C(C)(C)C)CCC1=O. The van der Waals surface area contributed by atoms with E-state index in [0.29, 0.717) is 17.1 Å². The van der Waals surface area contributed by atoms with Crippen molar-refractivity contribution in [1.29, 1.82) is 0 Å². The maximum atomic E-state index is 11.8. The Bertz CT molecular complexity index is 257. The summed E-state index contributed by atoms with van der Waals surface area (Å²) in [5.74, 6) is 1.40. The smallest absolute Gasteiger partial charge is 0.136 e. The molecule has 0 aromatic rings. The predicted molar refractivity (Wildman–Crippen MR) is 64.7 cm³/mol. The molecule has 0 saturated heterocycles. The zero-order valence-electron chi connectivity index (χ0n) is 10.6. The van der Waals surface area contributed by atoms with E-state index >= 15 is 0 Å². The second-order valence-corrected chi connectivity index (χ2v) is 6.16. The molecule has 0 aromatic carbocycles. The quantitative estimate of drug-likeness (QED) is 0.627. The molecule has 1 rings (SSSR count). The number of hydrogen-bond donors (Lipinski definition) is 0. The van der Waals surface area contributed by atoms with Crippen molar-refractivity contribution < 1.29 is 4.79 Å². The summed E-state index contributed by atoms with van der Waals surface area (Å²) in [6.07, 6.45) is 3.81. The number of hydrogen-bond acceptors (Lipinski definition) is 1. The van der Waals surface area contributed by atoms with Crippen molar-refractivity contribution in [1.82, 2.24) is 0 Å². The molecule has 0 unspecified atom stereocenters. The van der Waals surface area contributed by atoms with Crippen LogP contribution in [0.5, 0.6) is 0 Å². The van der Waals surface area contributed by atoms with Gasteiger partial charge in [-0.05, 0) is 37.5 Å². The average molecular weight is 208 g/mol. The minimum atomic E-state index is 0.250. The van der Waals surface area contributed by atoms with Crippen LogP contribution in [-0.4, -0.2) is 5.78 Å². The number of rotatable bonds is 2. The minimum absolute atomic E-state index is 0.250. The van der Waals surface area contributed by atoms with Crippen LogP contribution in [0.25, 0.3) is 0 Å². The number of carbonyl (C=O) groups is 1. The summed E-state index contributed by atoms with van der Waals surface area (Å²) in [5.41, 5.74) is 1.48. The van der Waals surface area contributed by atoms with Crippen LogP contribution in [0.3, 0.4) is 0 Å². The Morgan fingerprint density at radius 3 is 2.53 bits per heavy atom. The fraction of sp³-hybridized carbons (Fsp3) is 0.786. The lowest BCUT2D eigenvalue weighted by Gasteiger charge is -2.37. The molecule has 1 heteroatoms. The molecule has 0 aromatic heterocycles. The van der Waals surface area contributed by atoms with Crippen molar-refractivity contribution in [2.75, 3.05) is 0 Å². The van der Waals surface area contributed by atoms with E-state index in [1.807, 2.05) is 6.92 Å². The van der Waals surface area contributed by atoms with E-state index in [2.05, 4.69) is 27.4 Å². The normalized spacial score (nSPS) is 27.9. The van der Waals surface area contributed by atoms with Crippen LogP contribution < -0.4 is 0 Å². The van der Waals surface area contributed by atoms with Crippen molar-refractivity contribution in [3.63, 3.8) is 0 Å². The van der Waals surface area contributed by atoms with Crippen molar-refractivity contribution in [2.24, 2.45) is 17.3 Å². The fourth-order valence-electron chi connectivity index (χ4n) is 2.52. The lowest BCUT2D eigenvalue weighted by Crippen LogP contribution is -2.32. The molecule has 1 nitrogen and oxygen atoms in total. The highest BCUT2D eigenvalue weighted by molar-refractivity contribution is 5.82. The van der Waals surface area contributed by atoms with Gasteiger partial charge in [0, 0.05) is 12.3 Å². The molecule has 0 bridgehead atoms. The fourth-order valence-corrected chi connectivity index (χ4v) is 2.52. The minimum Gasteiger partial charge on any atom is -0.299 e. The molecule has 2 atom stereocenters. The van der Waals surface area contributed by atoms with Gasteiger partial charge in [0.25, 0.3) is 0 Å². The van der Waals surface area contributed by atoms with E-state index in [1.165, 1.54) is 0 Å². The van der Waals surface area contributed by atoms with Gasteiger partial charge in [0.05, 0.1) is 0 Å². The molecular formula is C14H24O. The van der Waals surface area contributed by atoms with Gasteiger partial charge in [-0.25, -0.2) is 0 Å². The van der Waals surface area contributed by atoms with Crippen molar-refractivity contribution in [3.8, 4) is 0 Å². The summed E-state index contributed by atoms with van der Waals surface area (Å²) in [5, 5.41) is 0. The number of carbonyl (C=O) groups excluding carboxylic acids is 1. The highest BCUT2D eigenvalue weighted by atomic mass is 16.1. The standard InChI is InChI=1S/C14H24O/c1-10(2)8-11-9-12(14(3,4)5)6-7-13(11)15/h11-12H,1,6-9H2,2-5H3/t11-,12-/m0/s1. The molecule has 1 fully saturated rings. The van der Waals surface area contributed by atoms with Crippen molar-refractivity contribution in [2.45, 2.75) is 53.4 Å². The van der Waals surface area contributed by atoms with Gasteiger partial charge in [-0.1, -0.05) is 26.3 Å². The van der Waals surface area contributed by atoms with Gasteiger partial charge in [0.15, 0.2) is 0 Å². The first kappa shape index (κ1) is 12.5. The third-order valence-corrected chi connectivity index (χ3v) is 3.58. The third-order valence-electron chi connectivity index (χ3n) is 3.58. The largest absolute Gasteiger partial charge is 0.299 e. The Balaban J connectivity index is 2.64. The van der Waals surface area contributed by atoms with E-state index < -0.39 is 0 Å². The van der Waals surface area contributed by atoms with Gasteiger partial charge < -0.3 is 0 Å². The Labute approximate surface area is 93.9 Å². The van der Waals surface area contributed by atoms with Gasteiger partial charge in [0.2, 0.25) is 0 Å². The number of allylic oxidation sites excluding steroid dienone is 1. The Morgan fingerprint density at radius 2 is 2.07 bits per heavy atom. The lowest BCUT2D eigenvalue weighted by molar-refractivity contribution is -0.126. The topological polar surface area (TPSA) is 17.1 Å². The van der Waals surface area contributed by atoms with E-state index in [-0.39, 0.29) is 5.92 Å². The first-order valence-corrected chi connectivity index (χ1v) is 5.98. The van der Waals surface area contributed by atoms with Gasteiger partial charge in [-0.3, -0.25) is 4.79 Å². The van der Waals surface area contributed by atoms with E-state index in [1.54, 1.807) is 0 Å². The van der Waals surface area contributed by atoms with Crippen LogP contribution in [0.15, 0.2) is 12.2 Å². The molecule has 0 N–H and O–H groups in total. The van der Waals surface area contributed by atoms with E-state index in [4.69, 9.17) is 0 Å². The molecule has 1 aliphatic rings. The monoisotopic (exact) mass is 208 g/mol. The number of Topliss-reactive ketones (excluding diaryl/α,β-unsaturated/α-hetero) is 1. The van der Waals surface area contributed by atoms with Crippen LogP contribution in [0.2, 0.25) is 0 Å². The molecule has 86 valence electrons. The molecule has 0 amide bonds. The molecule has 15 heavy (non-hydrogen) atoms. The van der Waals surface area contributed by atoms with Crippen LogP contribution in [-0.2, 0) is 4.79 Å². The van der Waals surface area contributed by atoms with E-state index in [0.717, 1.165) is 31.3 Å². The summed E-state index contributed by atoms with van der Waals surface area (Å²) in [4.78, 5) is 11.8. The third kappa shape index (κ3) is 3.48.